The Kier molecular flexibility index (Phi) is 6.40. The second kappa shape index (κ2) is 8.95. The van der Waals surface area contributed by atoms with Gasteiger partial charge in [-0.15, -0.1) is 11.8 Å². The standard InChI is InChI=1S/C21H24N2O3S/c1-15(2)12-22-20(24)19-13-27-14-23(19)21(25)16-8-10-18(11-9-16)26-17-6-4-3-5-7-17/h3-11,15,19H,12-14H2,1-2H3,(H,22,24). The van der Waals surface area contributed by atoms with Gasteiger partial charge in [-0.3, -0.25) is 9.59 Å². The molecular weight excluding hydrogens is 360 g/mol. The van der Waals surface area contributed by atoms with Gasteiger partial charge in [0.25, 0.3) is 5.91 Å². The number of rotatable bonds is 6. The SMILES string of the molecule is CC(C)CNC(=O)C1CSCN1C(=O)c1ccc(Oc2ccccc2)cc1. The molecule has 27 heavy (non-hydrogen) atoms. The number of para-hydroxylation sites is 1. The third kappa shape index (κ3) is 5.04. The maximum atomic E-state index is 12.9. The number of nitrogens with zero attached hydrogens (tertiary/aromatic N) is 1. The van der Waals surface area contributed by atoms with E-state index in [0.29, 0.717) is 35.4 Å². The number of ether oxygens (including phenoxy) is 1. The highest BCUT2D eigenvalue weighted by Gasteiger charge is 2.35. The average Bonchev–Trinajstić information content (AvgIpc) is 3.17. The van der Waals surface area contributed by atoms with Crippen molar-refractivity contribution in [2.75, 3.05) is 18.2 Å². The number of benzene rings is 2. The molecule has 3 rings (SSSR count). The minimum absolute atomic E-state index is 0.0777. The lowest BCUT2D eigenvalue weighted by Gasteiger charge is -2.23. The van der Waals surface area contributed by atoms with E-state index in [4.69, 9.17) is 4.74 Å². The lowest BCUT2D eigenvalue weighted by atomic mass is 10.1. The van der Waals surface area contributed by atoms with Crippen molar-refractivity contribution in [1.29, 1.82) is 0 Å². The zero-order chi connectivity index (χ0) is 19.2. The van der Waals surface area contributed by atoms with Crippen LogP contribution in [0.3, 0.4) is 0 Å². The number of carbonyl (C=O) groups is 2. The number of nitrogens with one attached hydrogen (secondary N) is 1. The first-order valence-electron chi connectivity index (χ1n) is 9.04. The van der Waals surface area contributed by atoms with Crippen molar-refractivity contribution in [2.24, 2.45) is 5.92 Å². The maximum Gasteiger partial charge on any atom is 0.255 e. The largest absolute Gasteiger partial charge is 0.457 e. The minimum Gasteiger partial charge on any atom is -0.457 e. The van der Waals surface area contributed by atoms with E-state index in [0.717, 1.165) is 5.75 Å². The first-order chi connectivity index (χ1) is 13.0. The van der Waals surface area contributed by atoms with Gasteiger partial charge in [0.05, 0.1) is 5.88 Å². The van der Waals surface area contributed by atoms with Gasteiger partial charge < -0.3 is 15.0 Å². The zero-order valence-electron chi connectivity index (χ0n) is 15.6. The van der Waals surface area contributed by atoms with Gasteiger partial charge in [-0.1, -0.05) is 32.0 Å². The molecule has 0 radical (unpaired) electrons. The Morgan fingerprint density at radius 3 is 2.44 bits per heavy atom. The lowest BCUT2D eigenvalue weighted by Crippen LogP contribution is -2.47. The van der Waals surface area contributed by atoms with Gasteiger partial charge in [0.15, 0.2) is 0 Å². The summed E-state index contributed by atoms with van der Waals surface area (Å²) in [6.45, 7) is 4.71. The van der Waals surface area contributed by atoms with Crippen molar-refractivity contribution in [3.8, 4) is 11.5 Å². The number of thioether (sulfide) groups is 1. The predicted molar refractivity (Wildman–Crippen MR) is 108 cm³/mol. The summed E-state index contributed by atoms with van der Waals surface area (Å²) in [5.74, 6) is 2.74. The summed E-state index contributed by atoms with van der Waals surface area (Å²) < 4.78 is 5.76. The molecular formula is C21H24N2O3S. The van der Waals surface area contributed by atoms with Crippen molar-refractivity contribution in [1.82, 2.24) is 10.2 Å². The molecule has 6 heteroatoms. The average molecular weight is 385 g/mol. The maximum absolute atomic E-state index is 12.9. The molecule has 1 saturated heterocycles. The molecule has 1 heterocycles. The molecule has 0 aromatic heterocycles. The quantitative estimate of drug-likeness (QED) is 0.824. The third-order valence-corrected chi connectivity index (χ3v) is 5.22. The van der Waals surface area contributed by atoms with E-state index in [1.807, 2.05) is 44.2 Å². The number of amides is 2. The van der Waals surface area contributed by atoms with Gasteiger partial charge >= 0.3 is 0 Å². The summed E-state index contributed by atoms with van der Waals surface area (Å²) in [5.41, 5.74) is 0.555. The molecule has 0 saturated carbocycles. The highest BCUT2D eigenvalue weighted by atomic mass is 32.2. The molecule has 1 N–H and O–H groups in total. The van der Waals surface area contributed by atoms with Crippen molar-refractivity contribution in [2.45, 2.75) is 19.9 Å². The van der Waals surface area contributed by atoms with Gasteiger partial charge in [0.2, 0.25) is 5.91 Å². The van der Waals surface area contributed by atoms with Crippen LogP contribution in [0.25, 0.3) is 0 Å². The summed E-state index contributed by atoms with van der Waals surface area (Å²) in [4.78, 5) is 26.9. The Balaban J connectivity index is 1.65. The Hall–Kier alpha value is -2.47. The zero-order valence-corrected chi connectivity index (χ0v) is 16.4. The van der Waals surface area contributed by atoms with Crippen LogP contribution in [0.1, 0.15) is 24.2 Å². The van der Waals surface area contributed by atoms with E-state index in [2.05, 4.69) is 5.32 Å². The minimum atomic E-state index is -0.415. The molecule has 1 fully saturated rings. The lowest BCUT2D eigenvalue weighted by molar-refractivity contribution is -0.124. The molecule has 2 amide bonds. The van der Waals surface area contributed by atoms with E-state index in [1.54, 1.807) is 40.9 Å². The van der Waals surface area contributed by atoms with Crippen LogP contribution in [0, 0.1) is 5.92 Å². The van der Waals surface area contributed by atoms with Gasteiger partial charge in [-0.25, -0.2) is 0 Å². The number of hydrogen-bond acceptors (Lipinski definition) is 4. The fourth-order valence-corrected chi connectivity index (χ4v) is 3.89. The van der Waals surface area contributed by atoms with Crippen LogP contribution in [-0.2, 0) is 4.79 Å². The van der Waals surface area contributed by atoms with Crippen molar-refractivity contribution < 1.29 is 14.3 Å². The Labute approximate surface area is 164 Å². The Morgan fingerprint density at radius 1 is 1.11 bits per heavy atom. The van der Waals surface area contributed by atoms with E-state index in [1.165, 1.54) is 0 Å². The van der Waals surface area contributed by atoms with Gasteiger partial charge in [-0.05, 0) is 42.3 Å². The smallest absolute Gasteiger partial charge is 0.255 e. The van der Waals surface area contributed by atoms with Crippen LogP contribution in [0.2, 0.25) is 0 Å². The highest BCUT2D eigenvalue weighted by molar-refractivity contribution is 7.99. The normalized spacial score (nSPS) is 16.4. The fraction of sp³-hybridized carbons (Fsp3) is 0.333. The predicted octanol–water partition coefficient (Wildman–Crippen LogP) is 3.77. The molecule has 1 aliphatic heterocycles. The van der Waals surface area contributed by atoms with Crippen molar-refractivity contribution >= 4 is 23.6 Å². The summed E-state index contributed by atoms with van der Waals surface area (Å²) in [7, 11) is 0. The number of carbonyl (C=O) groups excluding carboxylic acids is 2. The summed E-state index contributed by atoms with van der Waals surface area (Å²) in [5, 5.41) is 2.93. The van der Waals surface area contributed by atoms with Crippen LogP contribution in [-0.4, -0.2) is 40.9 Å². The monoisotopic (exact) mass is 384 g/mol. The van der Waals surface area contributed by atoms with Crippen LogP contribution in [0.4, 0.5) is 0 Å². The van der Waals surface area contributed by atoms with E-state index >= 15 is 0 Å². The van der Waals surface area contributed by atoms with Crippen molar-refractivity contribution in [3.63, 3.8) is 0 Å². The molecule has 1 aliphatic rings. The summed E-state index contributed by atoms with van der Waals surface area (Å²) in [6, 6.07) is 16.1. The third-order valence-electron chi connectivity index (χ3n) is 4.21. The van der Waals surface area contributed by atoms with Gasteiger partial charge in [0.1, 0.15) is 17.5 Å². The highest BCUT2D eigenvalue weighted by Crippen LogP contribution is 2.25. The molecule has 2 aromatic rings. The summed E-state index contributed by atoms with van der Waals surface area (Å²) >= 11 is 1.60. The summed E-state index contributed by atoms with van der Waals surface area (Å²) in [6.07, 6.45) is 0. The van der Waals surface area contributed by atoms with Crippen LogP contribution < -0.4 is 10.1 Å². The van der Waals surface area contributed by atoms with Crippen LogP contribution >= 0.6 is 11.8 Å². The van der Waals surface area contributed by atoms with E-state index in [-0.39, 0.29) is 11.8 Å². The van der Waals surface area contributed by atoms with Gasteiger partial charge in [0, 0.05) is 17.9 Å². The molecule has 0 spiro atoms. The molecule has 1 atom stereocenters. The fourth-order valence-electron chi connectivity index (χ4n) is 2.74. The Morgan fingerprint density at radius 2 is 1.78 bits per heavy atom. The molecule has 0 bridgehead atoms. The molecule has 1 unspecified atom stereocenters. The van der Waals surface area contributed by atoms with Crippen LogP contribution in [0.5, 0.6) is 11.5 Å². The molecule has 2 aromatic carbocycles. The first kappa shape index (κ1) is 19.3. The van der Waals surface area contributed by atoms with Crippen LogP contribution in [0.15, 0.2) is 54.6 Å². The number of hydrogen-bond donors (Lipinski definition) is 1. The topological polar surface area (TPSA) is 58.6 Å². The molecule has 0 aliphatic carbocycles. The van der Waals surface area contributed by atoms with Gasteiger partial charge in [-0.2, -0.15) is 0 Å². The second-order valence-corrected chi connectivity index (χ2v) is 7.87. The van der Waals surface area contributed by atoms with Crippen molar-refractivity contribution in [3.05, 3.63) is 60.2 Å². The van der Waals surface area contributed by atoms with E-state index in [9.17, 15) is 9.59 Å². The Bertz CT molecular complexity index is 778. The first-order valence-corrected chi connectivity index (χ1v) is 10.2. The molecule has 5 nitrogen and oxygen atoms in total. The van der Waals surface area contributed by atoms with E-state index < -0.39 is 6.04 Å². The molecule has 142 valence electrons. The second-order valence-electron chi connectivity index (χ2n) is 6.87.